The number of halogens is 2. The molecule has 2 aromatic rings. The lowest BCUT2D eigenvalue weighted by atomic mass is 10.1. The fraction of sp³-hybridized carbons (Fsp3) is 0.286. The molecule has 0 aliphatic carbocycles. The van der Waals surface area contributed by atoms with Gasteiger partial charge in [0.2, 0.25) is 5.91 Å². The molecule has 2 aromatic carbocycles. The van der Waals surface area contributed by atoms with Gasteiger partial charge < -0.3 is 20.9 Å². The molecule has 1 saturated heterocycles. The second kappa shape index (κ2) is 11.5. The maximum atomic E-state index is 13.2. The molecule has 0 bridgehead atoms. The van der Waals surface area contributed by atoms with Crippen molar-refractivity contribution < 1.29 is 14.0 Å². The Bertz CT molecular complexity index is 905. The summed E-state index contributed by atoms with van der Waals surface area (Å²) in [6.07, 6.45) is 0. The zero-order chi connectivity index (χ0) is 20.6. The van der Waals surface area contributed by atoms with Gasteiger partial charge in [0.1, 0.15) is 5.82 Å². The summed E-state index contributed by atoms with van der Waals surface area (Å²) in [7, 11) is 1.66. The van der Waals surface area contributed by atoms with Gasteiger partial charge in [0, 0.05) is 38.8 Å². The first-order valence-corrected chi connectivity index (χ1v) is 9.39. The fourth-order valence-electron chi connectivity index (χ4n) is 3.00. The predicted molar refractivity (Wildman–Crippen MR) is 124 cm³/mol. The van der Waals surface area contributed by atoms with Crippen LogP contribution in [0.15, 0.2) is 53.5 Å². The Hall–Kier alpha value is -2.69. The molecule has 0 spiro atoms. The minimum atomic E-state index is -0.271. The van der Waals surface area contributed by atoms with E-state index in [1.165, 1.54) is 12.1 Å². The van der Waals surface area contributed by atoms with Crippen molar-refractivity contribution in [2.45, 2.75) is 13.1 Å². The van der Waals surface area contributed by atoms with E-state index >= 15 is 0 Å². The van der Waals surface area contributed by atoms with Crippen LogP contribution in [0.2, 0.25) is 0 Å². The lowest BCUT2D eigenvalue weighted by Crippen LogP contribution is -2.49. The Morgan fingerprint density at radius 1 is 1.13 bits per heavy atom. The third-order valence-corrected chi connectivity index (χ3v) is 4.56. The van der Waals surface area contributed by atoms with Gasteiger partial charge in [-0.2, -0.15) is 0 Å². The summed E-state index contributed by atoms with van der Waals surface area (Å²) in [5.41, 5.74) is 2.35. The van der Waals surface area contributed by atoms with E-state index < -0.39 is 0 Å². The maximum absolute atomic E-state index is 13.2. The van der Waals surface area contributed by atoms with Gasteiger partial charge in [-0.15, -0.1) is 24.0 Å². The Morgan fingerprint density at radius 2 is 1.83 bits per heavy atom. The molecule has 0 aromatic heterocycles. The molecule has 3 rings (SSSR count). The number of carbonyl (C=O) groups is 2. The SMILES string of the molecule is CN=C(NCc1ccc(C(=O)N2CCNC(=O)C2)cc1)NCc1cccc(F)c1.I. The van der Waals surface area contributed by atoms with Crippen LogP contribution >= 0.6 is 24.0 Å². The Morgan fingerprint density at radius 3 is 2.47 bits per heavy atom. The largest absolute Gasteiger partial charge is 0.353 e. The Labute approximate surface area is 192 Å². The zero-order valence-electron chi connectivity index (χ0n) is 16.7. The number of piperazine rings is 1. The number of amides is 2. The van der Waals surface area contributed by atoms with E-state index in [0.717, 1.165) is 11.1 Å². The molecule has 160 valence electrons. The van der Waals surface area contributed by atoms with Crippen molar-refractivity contribution >= 4 is 41.8 Å². The summed E-state index contributed by atoms with van der Waals surface area (Å²) < 4.78 is 13.2. The van der Waals surface area contributed by atoms with Crippen molar-refractivity contribution in [2.75, 3.05) is 26.7 Å². The van der Waals surface area contributed by atoms with E-state index in [1.807, 2.05) is 18.2 Å². The van der Waals surface area contributed by atoms with Gasteiger partial charge in [-0.3, -0.25) is 14.6 Å². The molecule has 7 nitrogen and oxygen atoms in total. The minimum Gasteiger partial charge on any atom is -0.353 e. The molecule has 3 N–H and O–H groups in total. The monoisotopic (exact) mass is 525 g/mol. The molecule has 1 aliphatic rings. The molecule has 0 atom stereocenters. The number of aliphatic imine (C=N–C) groups is 1. The average molecular weight is 525 g/mol. The van der Waals surface area contributed by atoms with Crippen LogP contribution in [0, 0.1) is 5.82 Å². The van der Waals surface area contributed by atoms with Crippen LogP contribution in [-0.4, -0.2) is 49.4 Å². The highest BCUT2D eigenvalue weighted by Crippen LogP contribution is 2.09. The highest BCUT2D eigenvalue weighted by atomic mass is 127. The first kappa shape index (κ1) is 23.6. The van der Waals surface area contributed by atoms with E-state index in [-0.39, 0.29) is 48.2 Å². The van der Waals surface area contributed by atoms with E-state index in [0.29, 0.717) is 37.7 Å². The fourth-order valence-corrected chi connectivity index (χ4v) is 3.00. The standard InChI is InChI=1S/C21H24FN5O2.HI/c1-23-21(26-13-16-3-2-4-18(22)11-16)25-12-15-5-7-17(8-6-15)20(29)27-10-9-24-19(28)14-27;/h2-8,11H,9-10,12-14H2,1H3,(H,24,28)(H2,23,25,26);1H. The Kier molecular flexibility index (Phi) is 9.03. The van der Waals surface area contributed by atoms with Crippen LogP contribution in [0.4, 0.5) is 4.39 Å². The molecule has 9 heteroatoms. The van der Waals surface area contributed by atoms with Gasteiger partial charge in [0.25, 0.3) is 5.91 Å². The highest BCUT2D eigenvalue weighted by Gasteiger charge is 2.22. The summed E-state index contributed by atoms with van der Waals surface area (Å²) in [5, 5.41) is 9.03. The third kappa shape index (κ3) is 6.68. The summed E-state index contributed by atoms with van der Waals surface area (Å²) in [6, 6.07) is 13.6. The van der Waals surface area contributed by atoms with Crippen LogP contribution in [0.1, 0.15) is 21.5 Å². The highest BCUT2D eigenvalue weighted by molar-refractivity contribution is 14.0. The first-order valence-electron chi connectivity index (χ1n) is 9.39. The van der Waals surface area contributed by atoms with Crippen LogP contribution in [0.5, 0.6) is 0 Å². The third-order valence-electron chi connectivity index (χ3n) is 4.56. The van der Waals surface area contributed by atoms with E-state index in [4.69, 9.17) is 0 Å². The first-order chi connectivity index (χ1) is 14.0. The van der Waals surface area contributed by atoms with Gasteiger partial charge in [-0.1, -0.05) is 24.3 Å². The smallest absolute Gasteiger partial charge is 0.254 e. The van der Waals surface area contributed by atoms with Gasteiger partial charge in [0.05, 0.1) is 6.54 Å². The van der Waals surface area contributed by atoms with Crippen LogP contribution in [0.25, 0.3) is 0 Å². The minimum absolute atomic E-state index is 0. The lowest BCUT2D eigenvalue weighted by molar-refractivity contribution is -0.123. The van der Waals surface area contributed by atoms with Crippen molar-refractivity contribution in [3.63, 3.8) is 0 Å². The molecule has 0 unspecified atom stereocenters. The predicted octanol–water partition coefficient (Wildman–Crippen LogP) is 1.88. The number of guanidine groups is 1. The number of nitrogens with one attached hydrogen (secondary N) is 3. The summed E-state index contributed by atoms with van der Waals surface area (Å²) >= 11 is 0. The van der Waals surface area contributed by atoms with Crippen molar-refractivity contribution in [1.82, 2.24) is 20.9 Å². The van der Waals surface area contributed by atoms with Crippen molar-refractivity contribution in [2.24, 2.45) is 4.99 Å². The topological polar surface area (TPSA) is 85.8 Å². The van der Waals surface area contributed by atoms with Gasteiger partial charge in [-0.25, -0.2) is 4.39 Å². The van der Waals surface area contributed by atoms with Crippen molar-refractivity contribution in [3.8, 4) is 0 Å². The van der Waals surface area contributed by atoms with Gasteiger partial charge in [-0.05, 0) is 35.4 Å². The molecular weight excluding hydrogens is 500 g/mol. The number of carbonyl (C=O) groups excluding carboxylic acids is 2. The molecule has 1 fully saturated rings. The number of nitrogens with zero attached hydrogens (tertiary/aromatic N) is 2. The number of rotatable bonds is 5. The summed E-state index contributed by atoms with van der Waals surface area (Å²) in [5.74, 6) is 0.0373. The quantitative estimate of drug-likeness (QED) is 0.316. The molecule has 1 aliphatic heterocycles. The number of hydrogen-bond donors (Lipinski definition) is 3. The molecule has 0 saturated carbocycles. The summed E-state index contributed by atoms with van der Waals surface area (Å²) in [6.45, 7) is 2.06. The van der Waals surface area contributed by atoms with Crippen LogP contribution in [0.3, 0.4) is 0 Å². The second-order valence-corrected chi connectivity index (χ2v) is 6.68. The summed E-state index contributed by atoms with van der Waals surface area (Å²) in [4.78, 5) is 29.6. The van der Waals surface area contributed by atoms with Crippen LogP contribution in [-0.2, 0) is 17.9 Å². The number of hydrogen-bond acceptors (Lipinski definition) is 3. The maximum Gasteiger partial charge on any atom is 0.254 e. The second-order valence-electron chi connectivity index (χ2n) is 6.68. The van der Waals surface area contributed by atoms with Crippen molar-refractivity contribution in [1.29, 1.82) is 0 Å². The van der Waals surface area contributed by atoms with E-state index in [2.05, 4.69) is 20.9 Å². The molecule has 30 heavy (non-hydrogen) atoms. The molecule has 2 amide bonds. The zero-order valence-corrected chi connectivity index (χ0v) is 19.0. The normalized spacial score (nSPS) is 13.9. The lowest BCUT2D eigenvalue weighted by Gasteiger charge is -2.26. The Balaban J connectivity index is 0.00000320. The molecule has 0 radical (unpaired) electrons. The van der Waals surface area contributed by atoms with Crippen LogP contribution < -0.4 is 16.0 Å². The van der Waals surface area contributed by atoms with Gasteiger partial charge >= 0.3 is 0 Å². The number of benzene rings is 2. The molecular formula is C21H25FIN5O2. The van der Waals surface area contributed by atoms with Crippen molar-refractivity contribution in [3.05, 3.63) is 71.0 Å². The van der Waals surface area contributed by atoms with Gasteiger partial charge in [0.15, 0.2) is 5.96 Å². The molecule has 1 heterocycles. The average Bonchev–Trinajstić information content (AvgIpc) is 2.74. The van der Waals surface area contributed by atoms with E-state index in [1.54, 1.807) is 30.1 Å². The van der Waals surface area contributed by atoms with E-state index in [9.17, 15) is 14.0 Å².